The van der Waals surface area contributed by atoms with Crippen molar-refractivity contribution in [2.45, 2.75) is 31.3 Å². The van der Waals surface area contributed by atoms with Crippen molar-refractivity contribution in [1.29, 1.82) is 0 Å². The van der Waals surface area contributed by atoms with E-state index in [1.54, 1.807) is 32.4 Å². The average Bonchev–Trinajstić information content (AvgIpc) is 2.76. The van der Waals surface area contributed by atoms with Crippen LogP contribution in [0.3, 0.4) is 0 Å². The molecule has 0 spiro atoms. The van der Waals surface area contributed by atoms with E-state index in [-0.39, 0.29) is 12.1 Å². The van der Waals surface area contributed by atoms with Gasteiger partial charge in [-0.25, -0.2) is 4.79 Å². The van der Waals surface area contributed by atoms with Crippen molar-refractivity contribution in [3.63, 3.8) is 0 Å². The van der Waals surface area contributed by atoms with Crippen molar-refractivity contribution >= 4 is 11.7 Å². The highest BCUT2D eigenvalue weighted by molar-refractivity contribution is 5.90. The Kier molecular flexibility index (Phi) is 3.73. The smallest absolute Gasteiger partial charge is 0.322 e. The highest BCUT2D eigenvalue weighted by Gasteiger charge is 2.37. The maximum atomic E-state index is 12.5. The van der Waals surface area contributed by atoms with Crippen LogP contribution in [0, 0.1) is 0 Å². The summed E-state index contributed by atoms with van der Waals surface area (Å²) >= 11 is 0. The number of amides is 2. The Labute approximate surface area is 124 Å². The van der Waals surface area contributed by atoms with Crippen molar-refractivity contribution in [2.75, 3.05) is 19.5 Å². The molecular formula is C16H20N2O3. The van der Waals surface area contributed by atoms with Gasteiger partial charge in [0.25, 0.3) is 0 Å². The Morgan fingerprint density at radius 2 is 1.90 bits per heavy atom. The van der Waals surface area contributed by atoms with Crippen molar-refractivity contribution in [3.8, 4) is 11.5 Å². The number of hydrogen-bond donors (Lipinski definition) is 1. The molecule has 1 fully saturated rings. The van der Waals surface area contributed by atoms with Crippen LogP contribution in [0.25, 0.3) is 0 Å². The molecule has 112 valence electrons. The van der Waals surface area contributed by atoms with Crippen LogP contribution in [0.4, 0.5) is 10.5 Å². The summed E-state index contributed by atoms with van der Waals surface area (Å²) in [6.07, 6.45) is 7.39. The maximum absolute atomic E-state index is 12.5. The molecule has 2 aliphatic heterocycles. The molecule has 5 heteroatoms. The van der Waals surface area contributed by atoms with E-state index >= 15 is 0 Å². The third-order valence-corrected chi connectivity index (χ3v) is 4.15. The summed E-state index contributed by atoms with van der Waals surface area (Å²) in [5, 5.41) is 2.96. The molecule has 2 unspecified atom stereocenters. The zero-order chi connectivity index (χ0) is 14.8. The Bertz CT molecular complexity index is 548. The van der Waals surface area contributed by atoms with E-state index in [0.717, 1.165) is 19.3 Å². The van der Waals surface area contributed by atoms with Crippen LogP contribution in [0.1, 0.15) is 19.3 Å². The zero-order valence-corrected chi connectivity index (χ0v) is 12.3. The number of hydrogen-bond acceptors (Lipinski definition) is 3. The van der Waals surface area contributed by atoms with Gasteiger partial charge in [-0.1, -0.05) is 12.2 Å². The van der Waals surface area contributed by atoms with Crippen LogP contribution in [0.15, 0.2) is 30.4 Å². The molecule has 3 rings (SSSR count). The molecule has 1 saturated heterocycles. The van der Waals surface area contributed by atoms with Crippen molar-refractivity contribution in [2.24, 2.45) is 0 Å². The first kappa shape index (κ1) is 13.8. The Morgan fingerprint density at radius 3 is 2.52 bits per heavy atom. The van der Waals surface area contributed by atoms with Crippen LogP contribution in [-0.2, 0) is 0 Å². The number of anilines is 1. The number of rotatable bonds is 3. The lowest BCUT2D eigenvalue weighted by molar-refractivity contribution is 0.192. The molecule has 1 aromatic carbocycles. The van der Waals surface area contributed by atoms with Crippen LogP contribution in [0.5, 0.6) is 11.5 Å². The minimum atomic E-state index is -0.0536. The second kappa shape index (κ2) is 5.68. The number of fused-ring (bicyclic) bond motifs is 2. The normalized spacial score (nSPS) is 23.0. The Balaban J connectivity index is 1.77. The van der Waals surface area contributed by atoms with E-state index in [9.17, 15) is 4.79 Å². The number of carbonyl (C=O) groups excluding carboxylic acids is 1. The van der Waals surface area contributed by atoms with Gasteiger partial charge in [0.05, 0.1) is 20.3 Å². The molecule has 1 N–H and O–H groups in total. The molecule has 0 radical (unpaired) electrons. The molecular weight excluding hydrogens is 268 g/mol. The fourth-order valence-corrected chi connectivity index (χ4v) is 3.11. The predicted molar refractivity (Wildman–Crippen MR) is 81.0 cm³/mol. The minimum absolute atomic E-state index is 0.0536. The van der Waals surface area contributed by atoms with Gasteiger partial charge in [-0.3, -0.25) is 0 Å². The van der Waals surface area contributed by atoms with Gasteiger partial charge in [-0.05, 0) is 19.3 Å². The monoisotopic (exact) mass is 288 g/mol. The van der Waals surface area contributed by atoms with Crippen molar-refractivity contribution in [3.05, 3.63) is 30.4 Å². The largest absolute Gasteiger partial charge is 0.497 e. The molecule has 0 aliphatic carbocycles. The van der Waals surface area contributed by atoms with Crippen LogP contribution in [0.2, 0.25) is 0 Å². The fraction of sp³-hybridized carbons (Fsp3) is 0.438. The van der Waals surface area contributed by atoms with Crippen LogP contribution in [-0.4, -0.2) is 37.2 Å². The van der Waals surface area contributed by atoms with Crippen molar-refractivity contribution in [1.82, 2.24) is 4.90 Å². The third kappa shape index (κ3) is 2.68. The summed E-state index contributed by atoms with van der Waals surface area (Å²) in [6.45, 7) is 0. The molecule has 21 heavy (non-hydrogen) atoms. The highest BCUT2D eigenvalue weighted by atomic mass is 16.5. The molecule has 0 aromatic heterocycles. The topological polar surface area (TPSA) is 50.8 Å². The second-order valence-electron chi connectivity index (χ2n) is 5.40. The van der Waals surface area contributed by atoms with Gasteiger partial charge < -0.3 is 19.7 Å². The zero-order valence-electron chi connectivity index (χ0n) is 12.3. The molecule has 1 aromatic rings. The summed E-state index contributed by atoms with van der Waals surface area (Å²) in [7, 11) is 3.19. The van der Waals surface area contributed by atoms with E-state index in [1.807, 2.05) is 4.90 Å². The first-order valence-electron chi connectivity index (χ1n) is 7.20. The molecule has 2 bridgehead atoms. The van der Waals surface area contributed by atoms with Gasteiger partial charge in [-0.15, -0.1) is 0 Å². The lowest BCUT2D eigenvalue weighted by Gasteiger charge is -2.31. The third-order valence-electron chi connectivity index (χ3n) is 4.15. The van der Waals surface area contributed by atoms with Gasteiger partial charge >= 0.3 is 6.03 Å². The number of benzene rings is 1. The fourth-order valence-electron chi connectivity index (χ4n) is 3.11. The number of methoxy groups -OCH3 is 2. The molecule has 2 heterocycles. The maximum Gasteiger partial charge on any atom is 0.322 e. The quantitative estimate of drug-likeness (QED) is 0.870. The summed E-state index contributed by atoms with van der Waals surface area (Å²) in [5.41, 5.74) is 0.685. The van der Waals surface area contributed by atoms with E-state index in [0.29, 0.717) is 23.2 Å². The SMILES string of the molecule is COc1cc(NC(=O)N2C3C=CCC2CC3)cc(OC)c1. The lowest BCUT2D eigenvalue weighted by Crippen LogP contribution is -2.44. The van der Waals surface area contributed by atoms with E-state index in [2.05, 4.69) is 17.5 Å². The first-order chi connectivity index (χ1) is 10.2. The highest BCUT2D eigenvalue weighted by Crippen LogP contribution is 2.32. The van der Waals surface area contributed by atoms with Crippen LogP contribution < -0.4 is 14.8 Å². The average molecular weight is 288 g/mol. The molecule has 2 amide bonds. The Hall–Kier alpha value is -2.17. The predicted octanol–water partition coefficient (Wildman–Crippen LogP) is 3.03. The number of carbonyl (C=O) groups is 1. The number of nitrogens with zero attached hydrogens (tertiary/aromatic N) is 1. The number of nitrogens with one attached hydrogen (secondary N) is 1. The molecule has 2 aliphatic rings. The summed E-state index contributed by atoms with van der Waals surface area (Å²) in [4.78, 5) is 14.5. The van der Waals surface area contributed by atoms with Gasteiger partial charge in [0.1, 0.15) is 11.5 Å². The van der Waals surface area contributed by atoms with E-state index in [4.69, 9.17) is 9.47 Å². The van der Waals surface area contributed by atoms with Gasteiger partial charge in [0.2, 0.25) is 0 Å². The molecule has 2 atom stereocenters. The van der Waals surface area contributed by atoms with Gasteiger partial charge in [-0.2, -0.15) is 0 Å². The van der Waals surface area contributed by atoms with Gasteiger partial charge in [0, 0.05) is 29.9 Å². The standard InChI is InChI=1S/C16H20N2O3/c1-20-14-8-11(9-15(10-14)21-2)17-16(19)18-12-4-3-5-13(18)7-6-12/h3-4,8-10,12-13H,5-7H2,1-2H3,(H,17,19). The first-order valence-corrected chi connectivity index (χ1v) is 7.20. The minimum Gasteiger partial charge on any atom is -0.497 e. The molecule has 5 nitrogen and oxygen atoms in total. The molecule has 0 saturated carbocycles. The van der Waals surface area contributed by atoms with E-state index < -0.39 is 0 Å². The van der Waals surface area contributed by atoms with Crippen molar-refractivity contribution < 1.29 is 14.3 Å². The van der Waals surface area contributed by atoms with E-state index in [1.165, 1.54) is 0 Å². The number of urea groups is 1. The lowest BCUT2D eigenvalue weighted by atomic mass is 10.1. The van der Waals surface area contributed by atoms with Crippen LogP contribution >= 0.6 is 0 Å². The second-order valence-corrected chi connectivity index (χ2v) is 5.40. The Morgan fingerprint density at radius 1 is 1.19 bits per heavy atom. The summed E-state index contributed by atoms with van der Waals surface area (Å²) in [5.74, 6) is 1.32. The number of ether oxygens (including phenoxy) is 2. The van der Waals surface area contributed by atoms with Gasteiger partial charge in [0.15, 0.2) is 0 Å². The summed E-state index contributed by atoms with van der Waals surface area (Å²) in [6, 6.07) is 5.87. The summed E-state index contributed by atoms with van der Waals surface area (Å²) < 4.78 is 10.4.